The molecule has 1 aliphatic rings. The molecule has 0 fully saturated rings. The summed E-state index contributed by atoms with van der Waals surface area (Å²) in [4.78, 5) is 14.5. The zero-order valence-corrected chi connectivity index (χ0v) is 15.0. The first-order valence-corrected chi connectivity index (χ1v) is 8.28. The summed E-state index contributed by atoms with van der Waals surface area (Å²) in [6.45, 7) is 0.183. The fraction of sp³-hybridized carbons (Fsp3) is 0.158. The molecular weight excluding hydrogens is 354 g/mol. The van der Waals surface area contributed by atoms with E-state index in [4.69, 9.17) is 30.8 Å². The highest BCUT2D eigenvalue weighted by atomic mass is 32.1. The van der Waals surface area contributed by atoms with Crippen molar-refractivity contribution < 1.29 is 18.6 Å². The van der Waals surface area contributed by atoms with E-state index < -0.39 is 0 Å². The van der Waals surface area contributed by atoms with Gasteiger partial charge in [0.2, 0.25) is 6.79 Å². The van der Waals surface area contributed by atoms with Gasteiger partial charge >= 0.3 is 0 Å². The second-order valence-electron chi connectivity index (χ2n) is 5.97. The van der Waals surface area contributed by atoms with Crippen molar-refractivity contribution in [3.8, 4) is 28.4 Å². The zero-order chi connectivity index (χ0) is 18.3. The molecule has 0 radical (unpaired) electrons. The largest absolute Gasteiger partial charge is 0.463 e. The minimum absolute atomic E-state index is 0.133. The van der Waals surface area contributed by atoms with E-state index >= 15 is 0 Å². The van der Waals surface area contributed by atoms with Crippen molar-refractivity contribution in [2.75, 3.05) is 20.9 Å². The Balaban J connectivity index is 1.73. The molecule has 0 bridgehead atoms. The van der Waals surface area contributed by atoms with Crippen LogP contribution in [0.15, 0.2) is 51.9 Å². The van der Waals surface area contributed by atoms with Gasteiger partial charge in [-0.3, -0.25) is 4.79 Å². The van der Waals surface area contributed by atoms with Gasteiger partial charge in [-0.1, -0.05) is 6.07 Å². The first-order chi connectivity index (χ1) is 12.5. The molecule has 132 valence electrons. The molecule has 0 amide bonds. The Morgan fingerprint density at radius 3 is 2.73 bits per heavy atom. The Morgan fingerprint density at radius 2 is 1.92 bits per heavy atom. The number of thiocarbonyl (C=S) groups is 1. The van der Waals surface area contributed by atoms with Gasteiger partial charge in [0.1, 0.15) is 17.6 Å². The minimum atomic E-state index is -0.133. The molecular formula is C19H15NO5S. The van der Waals surface area contributed by atoms with Crippen LogP contribution in [0, 0.1) is 0 Å². The second-order valence-corrected chi connectivity index (χ2v) is 6.32. The molecule has 0 spiro atoms. The topological polar surface area (TPSA) is 61.1 Å². The van der Waals surface area contributed by atoms with Crippen molar-refractivity contribution in [2.45, 2.75) is 0 Å². The van der Waals surface area contributed by atoms with E-state index in [0.29, 0.717) is 44.5 Å². The number of ether oxygens (including phenoxy) is 3. The summed E-state index contributed by atoms with van der Waals surface area (Å²) in [6, 6.07) is 10.4. The molecule has 3 aromatic rings. The smallest absolute Gasteiger partial charge is 0.264 e. The van der Waals surface area contributed by atoms with E-state index in [9.17, 15) is 4.79 Å². The Morgan fingerprint density at radius 1 is 1.12 bits per heavy atom. The fourth-order valence-corrected chi connectivity index (χ4v) is 2.72. The van der Waals surface area contributed by atoms with Crippen molar-refractivity contribution in [1.82, 2.24) is 4.90 Å². The molecule has 1 aliphatic heterocycles. The molecule has 26 heavy (non-hydrogen) atoms. The Bertz CT molecular complexity index is 1070. The van der Waals surface area contributed by atoms with Crippen LogP contribution in [0.2, 0.25) is 0 Å². The van der Waals surface area contributed by atoms with Gasteiger partial charge in [-0.2, -0.15) is 0 Å². The molecule has 6 nitrogen and oxygen atoms in total. The molecule has 0 saturated carbocycles. The van der Waals surface area contributed by atoms with E-state index in [2.05, 4.69) is 0 Å². The Labute approximate surface area is 154 Å². The lowest BCUT2D eigenvalue weighted by Gasteiger charge is -2.14. The summed E-state index contributed by atoms with van der Waals surface area (Å²) >= 11 is 5.12. The highest BCUT2D eigenvalue weighted by Gasteiger charge is 2.16. The molecule has 7 heteroatoms. The average molecular weight is 369 g/mol. The van der Waals surface area contributed by atoms with E-state index in [1.807, 2.05) is 0 Å². The molecule has 0 aliphatic carbocycles. The van der Waals surface area contributed by atoms with E-state index in [1.54, 1.807) is 55.4 Å². The van der Waals surface area contributed by atoms with Crippen molar-refractivity contribution in [3.63, 3.8) is 0 Å². The lowest BCUT2D eigenvalue weighted by molar-refractivity contribution is 0.174. The highest BCUT2D eigenvalue weighted by molar-refractivity contribution is 7.80. The van der Waals surface area contributed by atoms with Crippen LogP contribution in [-0.2, 0) is 0 Å². The van der Waals surface area contributed by atoms with E-state index in [1.165, 1.54) is 6.26 Å². The van der Waals surface area contributed by atoms with Crippen LogP contribution in [0.5, 0.6) is 17.2 Å². The molecule has 2 aromatic carbocycles. The van der Waals surface area contributed by atoms with Gasteiger partial charge < -0.3 is 23.5 Å². The van der Waals surface area contributed by atoms with Crippen LogP contribution < -0.4 is 19.6 Å². The zero-order valence-electron chi connectivity index (χ0n) is 14.1. The fourth-order valence-electron chi connectivity index (χ4n) is 2.63. The third kappa shape index (κ3) is 2.86. The van der Waals surface area contributed by atoms with Crippen LogP contribution >= 0.6 is 12.2 Å². The van der Waals surface area contributed by atoms with Gasteiger partial charge in [0.15, 0.2) is 16.9 Å². The second kappa shape index (κ2) is 6.34. The summed E-state index contributed by atoms with van der Waals surface area (Å²) in [6.07, 6.45) is 1.44. The number of fused-ring (bicyclic) bond motifs is 2. The number of nitrogens with zero attached hydrogens (tertiary/aromatic N) is 1. The maximum Gasteiger partial charge on any atom is 0.264 e. The predicted molar refractivity (Wildman–Crippen MR) is 101 cm³/mol. The molecule has 2 heterocycles. The first kappa shape index (κ1) is 16.4. The first-order valence-electron chi connectivity index (χ1n) is 7.87. The summed E-state index contributed by atoms with van der Waals surface area (Å²) in [5.74, 6) is 1.79. The molecule has 4 rings (SSSR count). The monoisotopic (exact) mass is 369 g/mol. The Hall–Kier alpha value is -3.06. The minimum Gasteiger partial charge on any atom is -0.463 e. The number of benzene rings is 2. The normalized spacial score (nSPS) is 12.2. The molecule has 0 saturated heterocycles. The SMILES string of the molecule is CN(C)C(=S)Oc1ccc2c(=O)c(-c3ccc4c(c3)OCO4)coc2c1. The van der Waals surface area contributed by atoms with Crippen LogP contribution in [0.3, 0.4) is 0 Å². The molecule has 0 atom stereocenters. The Kier molecular flexibility index (Phi) is 4.00. The van der Waals surface area contributed by atoms with Crippen molar-refractivity contribution >= 4 is 28.4 Å². The van der Waals surface area contributed by atoms with Gasteiger partial charge in [0, 0.05) is 20.2 Å². The summed E-state index contributed by atoms with van der Waals surface area (Å²) in [5.41, 5.74) is 1.46. The maximum atomic E-state index is 12.9. The summed E-state index contributed by atoms with van der Waals surface area (Å²) in [5, 5.41) is 0.784. The molecule has 1 aromatic heterocycles. The number of rotatable bonds is 2. The van der Waals surface area contributed by atoms with E-state index in [0.717, 1.165) is 0 Å². The average Bonchev–Trinajstić information content (AvgIpc) is 3.09. The number of hydrogen-bond acceptors (Lipinski definition) is 6. The molecule has 0 N–H and O–H groups in total. The maximum absolute atomic E-state index is 12.9. The van der Waals surface area contributed by atoms with Crippen LogP contribution in [0.4, 0.5) is 0 Å². The van der Waals surface area contributed by atoms with Crippen LogP contribution in [0.25, 0.3) is 22.1 Å². The number of hydrogen-bond donors (Lipinski definition) is 0. The van der Waals surface area contributed by atoms with Gasteiger partial charge in [0.25, 0.3) is 5.17 Å². The van der Waals surface area contributed by atoms with Crippen molar-refractivity contribution in [3.05, 3.63) is 52.9 Å². The predicted octanol–water partition coefficient (Wildman–Crippen LogP) is 3.41. The quantitative estimate of drug-likeness (QED) is 0.642. The van der Waals surface area contributed by atoms with Gasteiger partial charge in [-0.05, 0) is 42.0 Å². The van der Waals surface area contributed by atoms with E-state index in [-0.39, 0.29) is 12.2 Å². The van der Waals surface area contributed by atoms with Crippen LogP contribution in [-0.4, -0.2) is 31.0 Å². The standard InChI is InChI=1S/C19H15NO5S/c1-20(2)19(26)25-12-4-5-13-16(8-12)22-9-14(18(13)21)11-3-6-15-17(7-11)24-10-23-15/h3-9H,10H2,1-2H3. The lowest BCUT2D eigenvalue weighted by atomic mass is 10.0. The van der Waals surface area contributed by atoms with Gasteiger partial charge in [-0.25, -0.2) is 0 Å². The van der Waals surface area contributed by atoms with Crippen LogP contribution in [0.1, 0.15) is 0 Å². The van der Waals surface area contributed by atoms with Gasteiger partial charge in [0.05, 0.1) is 10.9 Å². The van der Waals surface area contributed by atoms with Crippen molar-refractivity contribution in [2.24, 2.45) is 0 Å². The van der Waals surface area contributed by atoms with Crippen molar-refractivity contribution in [1.29, 1.82) is 0 Å². The third-order valence-corrected chi connectivity index (χ3v) is 4.45. The highest BCUT2D eigenvalue weighted by Crippen LogP contribution is 2.35. The molecule has 0 unspecified atom stereocenters. The van der Waals surface area contributed by atoms with Gasteiger partial charge in [-0.15, -0.1) is 0 Å². The summed E-state index contributed by atoms with van der Waals surface area (Å²) in [7, 11) is 3.59. The third-order valence-electron chi connectivity index (χ3n) is 4.00. The summed E-state index contributed by atoms with van der Waals surface area (Å²) < 4.78 is 21.9. The lowest BCUT2D eigenvalue weighted by Crippen LogP contribution is -2.24.